The second-order valence-electron chi connectivity index (χ2n) is 4.56. The fourth-order valence-corrected chi connectivity index (χ4v) is 2.00. The quantitative estimate of drug-likeness (QED) is 0.830. The molecule has 4 heteroatoms. The predicted octanol–water partition coefficient (Wildman–Crippen LogP) is 3.30. The molecule has 0 aliphatic heterocycles. The normalized spacial score (nSPS) is 10.6. The zero-order valence-corrected chi connectivity index (χ0v) is 10.5. The minimum atomic E-state index is -0.308. The standard InChI is InChI=1S/C15H16F2N2/c16-14-8-12(18)6-4-10(14)2-1-3-11-5-7-13(19)9-15(11)17/h4-9H,1-3,18-19H2. The highest BCUT2D eigenvalue weighted by atomic mass is 19.1. The Hall–Kier alpha value is -2.10. The number of hydrogen-bond donors (Lipinski definition) is 2. The van der Waals surface area contributed by atoms with Crippen molar-refractivity contribution in [3.8, 4) is 0 Å². The topological polar surface area (TPSA) is 52.0 Å². The maximum absolute atomic E-state index is 13.5. The summed E-state index contributed by atoms with van der Waals surface area (Å²) in [5.41, 5.74) is 13.0. The number of hydrogen-bond acceptors (Lipinski definition) is 2. The summed E-state index contributed by atoms with van der Waals surface area (Å²) in [5, 5.41) is 0. The van der Waals surface area contributed by atoms with Crippen molar-refractivity contribution in [2.75, 3.05) is 11.5 Å². The van der Waals surface area contributed by atoms with E-state index in [1.54, 1.807) is 24.3 Å². The molecule has 2 nitrogen and oxygen atoms in total. The molecule has 0 bridgehead atoms. The fraction of sp³-hybridized carbons (Fsp3) is 0.200. The summed E-state index contributed by atoms with van der Waals surface area (Å²) in [4.78, 5) is 0. The highest BCUT2D eigenvalue weighted by Crippen LogP contribution is 2.17. The Kier molecular flexibility index (Phi) is 4.00. The average molecular weight is 262 g/mol. The van der Waals surface area contributed by atoms with E-state index in [9.17, 15) is 8.78 Å². The highest BCUT2D eigenvalue weighted by molar-refractivity contribution is 5.41. The molecule has 0 atom stereocenters. The Balaban J connectivity index is 1.96. The van der Waals surface area contributed by atoms with E-state index in [2.05, 4.69) is 0 Å². The van der Waals surface area contributed by atoms with Crippen LogP contribution < -0.4 is 11.5 Å². The van der Waals surface area contributed by atoms with E-state index >= 15 is 0 Å². The molecule has 100 valence electrons. The minimum Gasteiger partial charge on any atom is -0.399 e. The van der Waals surface area contributed by atoms with Crippen molar-refractivity contribution in [2.24, 2.45) is 0 Å². The zero-order valence-electron chi connectivity index (χ0n) is 10.5. The molecule has 0 spiro atoms. The van der Waals surface area contributed by atoms with E-state index in [4.69, 9.17) is 11.5 Å². The van der Waals surface area contributed by atoms with Gasteiger partial charge in [0.05, 0.1) is 0 Å². The van der Waals surface area contributed by atoms with E-state index in [1.807, 2.05) is 0 Å². The molecule has 0 fully saturated rings. The highest BCUT2D eigenvalue weighted by Gasteiger charge is 2.05. The second-order valence-corrected chi connectivity index (χ2v) is 4.56. The van der Waals surface area contributed by atoms with Crippen LogP contribution >= 0.6 is 0 Å². The third-order valence-corrected chi connectivity index (χ3v) is 3.05. The van der Waals surface area contributed by atoms with Crippen LogP contribution in [0, 0.1) is 11.6 Å². The summed E-state index contributed by atoms with van der Waals surface area (Å²) in [6.45, 7) is 0. The van der Waals surface area contributed by atoms with Crippen LogP contribution in [0.15, 0.2) is 36.4 Å². The van der Waals surface area contributed by atoms with Crippen molar-refractivity contribution in [1.82, 2.24) is 0 Å². The van der Waals surface area contributed by atoms with Gasteiger partial charge in [-0.05, 0) is 54.7 Å². The van der Waals surface area contributed by atoms with Crippen molar-refractivity contribution in [2.45, 2.75) is 19.3 Å². The third-order valence-electron chi connectivity index (χ3n) is 3.05. The first-order valence-corrected chi connectivity index (χ1v) is 6.14. The molecular formula is C15H16F2N2. The number of benzene rings is 2. The Labute approximate surface area is 111 Å². The number of anilines is 2. The van der Waals surface area contributed by atoms with E-state index in [-0.39, 0.29) is 11.6 Å². The van der Waals surface area contributed by atoms with Crippen molar-refractivity contribution in [3.05, 3.63) is 59.2 Å². The number of nitrogen functional groups attached to an aromatic ring is 2. The Bertz CT molecular complexity index is 531. The van der Waals surface area contributed by atoms with Gasteiger partial charge in [-0.25, -0.2) is 8.78 Å². The van der Waals surface area contributed by atoms with E-state index in [0.717, 1.165) is 0 Å². The van der Waals surface area contributed by atoms with Gasteiger partial charge in [0.1, 0.15) is 11.6 Å². The largest absolute Gasteiger partial charge is 0.399 e. The summed E-state index contributed by atoms with van der Waals surface area (Å²) >= 11 is 0. The van der Waals surface area contributed by atoms with Crippen LogP contribution in [0.2, 0.25) is 0 Å². The molecule has 0 aliphatic rings. The van der Waals surface area contributed by atoms with Crippen molar-refractivity contribution >= 4 is 11.4 Å². The molecule has 2 rings (SSSR count). The van der Waals surface area contributed by atoms with Gasteiger partial charge in [-0.3, -0.25) is 0 Å². The lowest BCUT2D eigenvalue weighted by Gasteiger charge is -2.06. The first-order valence-electron chi connectivity index (χ1n) is 6.14. The van der Waals surface area contributed by atoms with Crippen LogP contribution in [0.5, 0.6) is 0 Å². The van der Waals surface area contributed by atoms with Gasteiger partial charge in [0, 0.05) is 11.4 Å². The van der Waals surface area contributed by atoms with Gasteiger partial charge in [-0.15, -0.1) is 0 Å². The first-order chi connectivity index (χ1) is 9.06. The lowest BCUT2D eigenvalue weighted by molar-refractivity contribution is 0.593. The summed E-state index contributed by atoms with van der Waals surface area (Å²) in [6.07, 6.45) is 1.77. The predicted molar refractivity (Wildman–Crippen MR) is 73.6 cm³/mol. The summed E-state index contributed by atoms with van der Waals surface area (Å²) in [5.74, 6) is -0.615. The van der Waals surface area contributed by atoms with Crippen LogP contribution in [-0.4, -0.2) is 0 Å². The molecule has 19 heavy (non-hydrogen) atoms. The Morgan fingerprint density at radius 1 is 0.737 bits per heavy atom. The second kappa shape index (κ2) is 5.69. The maximum Gasteiger partial charge on any atom is 0.128 e. The Morgan fingerprint density at radius 2 is 1.16 bits per heavy atom. The monoisotopic (exact) mass is 262 g/mol. The maximum atomic E-state index is 13.5. The zero-order chi connectivity index (χ0) is 13.8. The van der Waals surface area contributed by atoms with Gasteiger partial charge in [-0.1, -0.05) is 12.1 Å². The van der Waals surface area contributed by atoms with Crippen LogP contribution in [0.1, 0.15) is 17.5 Å². The van der Waals surface area contributed by atoms with Crippen molar-refractivity contribution in [1.29, 1.82) is 0 Å². The molecule has 0 radical (unpaired) electrons. The summed E-state index contributed by atoms with van der Waals surface area (Å²) in [6, 6.07) is 9.29. The SMILES string of the molecule is Nc1ccc(CCCc2ccc(N)cc2F)c(F)c1. The van der Waals surface area contributed by atoms with E-state index in [0.29, 0.717) is 41.8 Å². The number of aryl methyl sites for hydroxylation is 2. The third kappa shape index (κ3) is 3.44. The smallest absolute Gasteiger partial charge is 0.128 e. The molecule has 0 heterocycles. The van der Waals surface area contributed by atoms with Crippen LogP contribution in [-0.2, 0) is 12.8 Å². The van der Waals surface area contributed by atoms with Crippen LogP contribution in [0.4, 0.5) is 20.2 Å². The van der Waals surface area contributed by atoms with Gasteiger partial charge in [0.25, 0.3) is 0 Å². The van der Waals surface area contributed by atoms with Gasteiger partial charge in [-0.2, -0.15) is 0 Å². The molecule has 0 amide bonds. The van der Waals surface area contributed by atoms with Gasteiger partial charge in [0.15, 0.2) is 0 Å². The molecule has 0 saturated heterocycles. The molecule has 4 N–H and O–H groups in total. The minimum absolute atomic E-state index is 0.308. The summed E-state index contributed by atoms with van der Waals surface area (Å²) in [7, 11) is 0. The molecular weight excluding hydrogens is 246 g/mol. The van der Waals surface area contributed by atoms with Gasteiger partial charge in [0.2, 0.25) is 0 Å². The molecule has 0 aliphatic carbocycles. The average Bonchev–Trinajstić information content (AvgIpc) is 2.34. The fourth-order valence-electron chi connectivity index (χ4n) is 2.00. The molecule has 0 saturated carbocycles. The lowest BCUT2D eigenvalue weighted by atomic mass is 10.0. The van der Waals surface area contributed by atoms with Crippen molar-refractivity contribution in [3.63, 3.8) is 0 Å². The molecule has 0 unspecified atom stereocenters. The lowest BCUT2D eigenvalue weighted by Crippen LogP contribution is -1.97. The van der Waals surface area contributed by atoms with Gasteiger partial charge >= 0.3 is 0 Å². The summed E-state index contributed by atoms with van der Waals surface area (Å²) < 4.78 is 27.1. The van der Waals surface area contributed by atoms with Crippen LogP contribution in [0.3, 0.4) is 0 Å². The van der Waals surface area contributed by atoms with E-state index in [1.165, 1.54) is 12.1 Å². The molecule has 0 aromatic heterocycles. The first kappa shape index (κ1) is 13.3. The number of halogens is 2. The molecule has 2 aromatic rings. The molecule has 2 aromatic carbocycles. The van der Waals surface area contributed by atoms with E-state index < -0.39 is 0 Å². The van der Waals surface area contributed by atoms with Crippen LogP contribution in [0.25, 0.3) is 0 Å². The van der Waals surface area contributed by atoms with Crippen molar-refractivity contribution < 1.29 is 8.78 Å². The Morgan fingerprint density at radius 3 is 1.53 bits per heavy atom. The van der Waals surface area contributed by atoms with Gasteiger partial charge < -0.3 is 11.5 Å². The number of rotatable bonds is 4. The number of nitrogens with two attached hydrogens (primary N) is 2.